The lowest BCUT2D eigenvalue weighted by Gasteiger charge is -2.22. The highest BCUT2D eigenvalue weighted by atomic mass is 32.2. The van der Waals surface area contributed by atoms with E-state index in [1.54, 1.807) is 0 Å². The first-order valence-electron chi connectivity index (χ1n) is 13.7. The van der Waals surface area contributed by atoms with Crippen LogP contribution in [0, 0.1) is 0 Å². The minimum Gasteiger partial charge on any atom is -0.309 e. The molecule has 186 valence electrons. The van der Waals surface area contributed by atoms with E-state index in [2.05, 4.69) is 144 Å². The Hall–Kier alpha value is -4.79. The summed E-state index contributed by atoms with van der Waals surface area (Å²) in [4.78, 5) is 2.65. The van der Waals surface area contributed by atoms with Crippen LogP contribution in [0.4, 0.5) is 0 Å². The standard InChI is InChI=1S/C38H23NS/c1-2-12-25(13-3-1)39-33-19-8-6-16-31(33)37-26-14-5-4-11-24(26)23-32(38(37)39)27-21-22-35-36-29(27)17-10-18-30(36)28-15-7-9-20-34(28)40-35/h1-23H. The lowest BCUT2D eigenvalue weighted by atomic mass is 9.90. The topological polar surface area (TPSA) is 4.93 Å². The molecular formula is C38H23NS. The third-order valence-corrected chi connectivity index (χ3v) is 9.50. The molecular weight excluding hydrogens is 502 g/mol. The molecule has 1 aromatic heterocycles. The minimum atomic E-state index is 1.18. The first kappa shape index (κ1) is 22.1. The molecule has 0 amide bonds. The molecule has 0 fully saturated rings. The fraction of sp³-hybridized carbons (Fsp3) is 0. The summed E-state index contributed by atoms with van der Waals surface area (Å²) < 4.78 is 2.46. The van der Waals surface area contributed by atoms with Gasteiger partial charge in [-0.25, -0.2) is 0 Å². The Kier molecular flexibility index (Phi) is 4.61. The van der Waals surface area contributed by atoms with Crippen LogP contribution in [0.1, 0.15) is 0 Å². The fourth-order valence-electron chi connectivity index (χ4n) is 6.71. The quantitative estimate of drug-likeness (QED) is 0.217. The summed E-state index contributed by atoms with van der Waals surface area (Å²) in [5.74, 6) is 0. The maximum atomic E-state index is 2.46. The second-order valence-electron chi connectivity index (χ2n) is 10.5. The second-order valence-corrected chi connectivity index (χ2v) is 11.6. The Morgan fingerprint density at radius 2 is 1.15 bits per heavy atom. The lowest BCUT2D eigenvalue weighted by Crippen LogP contribution is -1.97. The summed E-state index contributed by atoms with van der Waals surface area (Å²) in [5, 5.41) is 7.81. The van der Waals surface area contributed by atoms with E-state index in [1.807, 2.05) is 11.8 Å². The van der Waals surface area contributed by atoms with Crippen molar-refractivity contribution in [1.82, 2.24) is 4.57 Å². The van der Waals surface area contributed by atoms with E-state index >= 15 is 0 Å². The Labute approximate surface area is 236 Å². The van der Waals surface area contributed by atoms with E-state index in [4.69, 9.17) is 0 Å². The van der Waals surface area contributed by atoms with Crippen molar-refractivity contribution in [2.24, 2.45) is 0 Å². The van der Waals surface area contributed by atoms with Crippen LogP contribution < -0.4 is 0 Å². The molecule has 0 N–H and O–H groups in total. The van der Waals surface area contributed by atoms with Gasteiger partial charge in [-0.3, -0.25) is 0 Å². The molecule has 0 aliphatic carbocycles. The van der Waals surface area contributed by atoms with Crippen LogP contribution >= 0.6 is 11.8 Å². The highest BCUT2D eigenvalue weighted by Crippen LogP contribution is 2.51. The van der Waals surface area contributed by atoms with Crippen molar-refractivity contribution in [2.45, 2.75) is 9.79 Å². The number of para-hydroxylation sites is 2. The molecule has 1 aliphatic heterocycles. The Balaban J connectivity index is 1.48. The summed E-state index contributed by atoms with van der Waals surface area (Å²) in [7, 11) is 0. The highest BCUT2D eigenvalue weighted by Gasteiger charge is 2.23. The summed E-state index contributed by atoms with van der Waals surface area (Å²) in [6.45, 7) is 0. The molecule has 9 rings (SSSR count). The smallest absolute Gasteiger partial charge is 0.0626 e. The van der Waals surface area contributed by atoms with Crippen molar-refractivity contribution < 1.29 is 0 Å². The molecule has 0 spiro atoms. The van der Waals surface area contributed by atoms with Gasteiger partial charge >= 0.3 is 0 Å². The number of rotatable bonds is 2. The van der Waals surface area contributed by atoms with Crippen molar-refractivity contribution in [2.75, 3.05) is 0 Å². The number of fused-ring (bicyclic) bond motifs is 7. The van der Waals surface area contributed by atoms with Crippen molar-refractivity contribution >= 4 is 55.1 Å². The van der Waals surface area contributed by atoms with Gasteiger partial charge in [0.25, 0.3) is 0 Å². The van der Waals surface area contributed by atoms with E-state index in [9.17, 15) is 0 Å². The molecule has 0 atom stereocenters. The van der Waals surface area contributed by atoms with Crippen molar-refractivity contribution in [3.05, 3.63) is 140 Å². The van der Waals surface area contributed by atoms with Crippen molar-refractivity contribution in [3.63, 3.8) is 0 Å². The molecule has 0 radical (unpaired) electrons. The molecule has 1 nitrogen and oxygen atoms in total. The van der Waals surface area contributed by atoms with E-state index in [0.29, 0.717) is 0 Å². The normalized spacial score (nSPS) is 12.4. The summed E-state index contributed by atoms with van der Waals surface area (Å²) >= 11 is 1.88. The highest BCUT2D eigenvalue weighted by molar-refractivity contribution is 7.99. The zero-order valence-corrected chi connectivity index (χ0v) is 22.5. The fourth-order valence-corrected chi connectivity index (χ4v) is 7.84. The second kappa shape index (κ2) is 8.35. The summed E-state index contributed by atoms with van der Waals surface area (Å²) in [5.41, 5.74) is 8.86. The Bertz CT molecular complexity index is 2290. The third-order valence-electron chi connectivity index (χ3n) is 8.36. The van der Waals surface area contributed by atoms with Crippen LogP contribution in [0.25, 0.3) is 71.3 Å². The molecule has 0 bridgehead atoms. The maximum absolute atomic E-state index is 2.46. The predicted molar refractivity (Wildman–Crippen MR) is 171 cm³/mol. The summed E-state index contributed by atoms with van der Waals surface area (Å²) in [6, 6.07) is 51.2. The van der Waals surface area contributed by atoms with E-state index in [-0.39, 0.29) is 0 Å². The molecule has 2 heteroatoms. The van der Waals surface area contributed by atoms with E-state index < -0.39 is 0 Å². The largest absolute Gasteiger partial charge is 0.309 e. The van der Waals surface area contributed by atoms with E-state index in [0.717, 1.165) is 0 Å². The number of hydrogen-bond acceptors (Lipinski definition) is 1. The zero-order valence-electron chi connectivity index (χ0n) is 21.6. The van der Waals surface area contributed by atoms with Gasteiger partial charge in [0.1, 0.15) is 0 Å². The van der Waals surface area contributed by atoms with Gasteiger partial charge in [-0.1, -0.05) is 115 Å². The van der Waals surface area contributed by atoms with Gasteiger partial charge in [-0.05, 0) is 69.2 Å². The van der Waals surface area contributed by atoms with Gasteiger partial charge in [0.15, 0.2) is 0 Å². The Morgan fingerprint density at radius 3 is 2.08 bits per heavy atom. The Morgan fingerprint density at radius 1 is 0.425 bits per heavy atom. The van der Waals surface area contributed by atoms with Crippen LogP contribution in [0.2, 0.25) is 0 Å². The van der Waals surface area contributed by atoms with Gasteiger partial charge in [-0.15, -0.1) is 0 Å². The minimum absolute atomic E-state index is 1.18. The predicted octanol–water partition coefficient (Wildman–Crippen LogP) is 10.9. The van der Waals surface area contributed by atoms with Gasteiger partial charge in [0.2, 0.25) is 0 Å². The molecule has 0 saturated heterocycles. The monoisotopic (exact) mass is 525 g/mol. The SMILES string of the molecule is c1ccc(-n2c3ccccc3c3c4ccccc4cc(-c4ccc5c6c(cccc46)-c4ccccc4S5)c32)cc1. The third kappa shape index (κ3) is 3.00. The average molecular weight is 526 g/mol. The zero-order chi connectivity index (χ0) is 26.2. The maximum Gasteiger partial charge on any atom is 0.0626 e. The van der Waals surface area contributed by atoms with Crippen molar-refractivity contribution in [3.8, 4) is 27.9 Å². The number of nitrogens with zero attached hydrogens (tertiary/aromatic N) is 1. The van der Waals surface area contributed by atoms with Gasteiger partial charge < -0.3 is 4.57 Å². The molecule has 40 heavy (non-hydrogen) atoms. The number of hydrogen-bond donors (Lipinski definition) is 0. The molecule has 7 aromatic carbocycles. The van der Waals surface area contributed by atoms with Crippen LogP contribution in [0.5, 0.6) is 0 Å². The van der Waals surface area contributed by atoms with Crippen LogP contribution in [-0.2, 0) is 0 Å². The average Bonchev–Trinajstić information content (AvgIpc) is 3.37. The molecule has 2 heterocycles. The number of benzene rings is 7. The molecule has 0 unspecified atom stereocenters. The molecule has 0 saturated carbocycles. The van der Waals surface area contributed by atoms with Gasteiger partial charge in [0, 0.05) is 37.2 Å². The molecule has 1 aliphatic rings. The lowest BCUT2D eigenvalue weighted by molar-refractivity contribution is 1.18. The van der Waals surface area contributed by atoms with Crippen molar-refractivity contribution in [1.29, 1.82) is 0 Å². The number of aromatic nitrogens is 1. The first-order valence-corrected chi connectivity index (χ1v) is 14.5. The van der Waals surface area contributed by atoms with Gasteiger partial charge in [0.05, 0.1) is 11.0 Å². The van der Waals surface area contributed by atoms with Crippen LogP contribution in [0.15, 0.2) is 149 Å². The summed E-state index contributed by atoms with van der Waals surface area (Å²) in [6.07, 6.45) is 0. The van der Waals surface area contributed by atoms with Crippen LogP contribution in [0.3, 0.4) is 0 Å². The first-order chi connectivity index (χ1) is 19.9. The molecule has 8 aromatic rings. The van der Waals surface area contributed by atoms with Crippen LogP contribution in [-0.4, -0.2) is 4.57 Å². The van der Waals surface area contributed by atoms with E-state index in [1.165, 1.54) is 81.1 Å². The van der Waals surface area contributed by atoms with Gasteiger partial charge in [-0.2, -0.15) is 0 Å².